The highest BCUT2D eigenvalue weighted by Gasteiger charge is 2.27. The van der Waals surface area contributed by atoms with Gasteiger partial charge in [-0.1, -0.05) is 25.5 Å². The van der Waals surface area contributed by atoms with E-state index in [1.807, 2.05) is 12.1 Å². The van der Waals surface area contributed by atoms with Crippen LogP contribution in [0.3, 0.4) is 0 Å². The molecule has 1 aromatic carbocycles. The van der Waals surface area contributed by atoms with Gasteiger partial charge in [-0.3, -0.25) is 0 Å². The Morgan fingerprint density at radius 2 is 2.11 bits per heavy atom. The lowest BCUT2D eigenvalue weighted by Crippen LogP contribution is -2.26. The van der Waals surface area contributed by atoms with Crippen LogP contribution in [0.4, 0.5) is 4.39 Å². The van der Waals surface area contributed by atoms with Crippen LogP contribution in [0.15, 0.2) is 22.7 Å². The Morgan fingerprint density at radius 3 is 2.89 bits per heavy atom. The van der Waals surface area contributed by atoms with Crippen LogP contribution in [0, 0.1) is 17.7 Å². The summed E-state index contributed by atoms with van der Waals surface area (Å²) in [5.41, 5.74) is 1.12. The average molecular weight is 328 g/mol. The summed E-state index contributed by atoms with van der Waals surface area (Å²) in [5.74, 6) is 1.31. The Hall–Kier alpha value is -0.410. The molecule has 2 atom stereocenters. The largest absolute Gasteiger partial charge is 0.316 e. The molecule has 0 heterocycles. The SMILES string of the molecule is CCCNCC1CCCC1Cc1cccc(F)c1Br. The van der Waals surface area contributed by atoms with Gasteiger partial charge in [0.15, 0.2) is 0 Å². The van der Waals surface area contributed by atoms with Crippen molar-refractivity contribution in [1.82, 2.24) is 5.32 Å². The molecule has 0 aromatic heterocycles. The minimum absolute atomic E-state index is 0.142. The van der Waals surface area contributed by atoms with Crippen LogP contribution in [0.2, 0.25) is 0 Å². The molecule has 0 aliphatic heterocycles. The van der Waals surface area contributed by atoms with E-state index in [0.717, 1.165) is 31.0 Å². The summed E-state index contributed by atoms with van der Waals surface area (Å²) in [7, 11) is 0. The quantitative estimate of drug-likeness (QED) is 0.756. The molecule has 2 unspecified atom stereocenters. The number of benzene rings is 1. The summed E-state index contributed by atoms with van der Waals surface area (Å²) in [5, 5.41) is 3.53. The first-order valence-electron chi connectivity index (χ1n) is 7.36. The molecule has 1 aliphatic rings. The lowest BCUT2D eigenvalue weighted by Gasteiger charge is -2.20. The second kappa shape index (κ2) is 7.39. The van der Waals surface area contributed by atoms with E-state index in [4.69, 9.17) is 0 Å². The molecule has 2 rings (SSSR count). The van der Waals surface area contributed by atoms with Gasteiger partial charge in [0.1, 0.15) is 5.82 Å². The van der Waals surface area contributed by atoms with Gasteiger partial charge in [0, 0.05) is 0 Å². The predicted octanol–water partition coefficient (Wildman–Crippen LogP) is 4.55. The van der Waals surface area contributed by atoms with Gasteiger partial charge in [0.05, 0.1) is 4.47 Å². The maximum Gasteiger partial charge on any atom is 0.137 e. The van der Waals surface area contributed by atoms with Crippen LogP contribution in [-0.4, -0.2) is 13.1 Å². The summed E-state index contributed by atoms with van der Waals surface area (Å²) in [4.78, 5) is 0. The number of nitrogens with one attached hydrogen (secondary N) is 1. The van der Waals surface area contributed by atoms with Crippen molar-refractivity contribution in [3.05, 3.63) is 34.1 Å². The number of halogens is 2. The van der Waals surface area contributed by atoms with Crippen molar-refractivity contribution in [2.45, 2.75) is 39.0 Å². The molecule has 106 valence electrons. The summed E-state index contributed by atoms with van der Waals surface area (Å²) >= 11 is 3.38. The Kier molecular flexibility index (Phi) is 5.83. The maximum atomic E-state index is 13.5. The molecule has 1 N–H and O–H groups in total. The third kappa shape index (κ3) is 4.03. The molecule has 3 heteroatoms. The second-order valence-electron chi connectivity index (χ2n) is 5.57. The standard InChI is InChI=1S/C16H23BrFN/c1-2-9-19-11-14-7-3-5-12(14)10-13-6-4-8-15(18)16(13)17/h4,6,8,12,14,19H,2-3,5,7,9-11H2,1H3. The van der Waals surface area contributed by atoms with Crippen molar-refractivity contribution < 1.29 is 4.39 Å². The van der Waals surface area contributed by atoms with Crippen molar-refractivity contribution >= 4 is 15.9 Å². The topological polar surface area (TPSA) is 12.0 Å². The molecule has 0 amide bonds. The number of rotatable bonds is 6. The molecule has 0 spiro atoms. The van der Waals surface area contributed by atoms with E-state index in [1.54, 1.807) is 0 Å². The molecule has 1 aliphatic carbocycles. The molecule has 0 saturated heterocycles. The Morgan fingerprint density at radius 1 is 1.32 bits per heavy atom. The van der Waals surface area contributed by atoms with Crippen LogP contribution in [-0.2, 0) is 6.42 Å². The fraction of sp³-hybridized carbons (Fsp3) is 0.625. The second-order valence-corrected chi connectivity index (χ2v) is 6.37. The van der Waals surface area contributed by atoms with E-state index in [0.29, 0.717) is 10.4 Å². The highest BCUT2D eigenvalue weighted by Crippen LogP contribution is 2.35. The molecular formula is C16H23BrFN. The Labute approximate surface area is 124 Å². The first-order valence-corrected chi connectivity index (χ1v) is 8.15. The van der Waals surface area contributed by atoms with E-state index in [-0.39, 0.29) is 5.82 Å². The first kappa shape index (κ1) is 15.0. The fourth-order valence-electron chi connectivity index (χ4n) is 3.10. The predicted molar refractivity (Wildman–Crippen MR) is 81.8 cm³/mol. The molecule has 1 nitrogen and oxygen atoms in total. The summed E-state index contributed by atoms with van der Waals surface area (Å²) in [6.07, 6.45) is 6.09. The third-order valence-corrected chi connectivity index (χ3v) is 5.05. The van der Waals surface area contributed by atoms with Crippen molar-refractivity contribution in [3.63, 3.8) is 0 Å². The first-order chi connectivity index (χ1) is 9.22. The smallest absolute Gasteiger partial charge is 0.137 e. The minimum Gasteiger partial charge on any atom is -0.316 e. The van der Waals surface area contributed by atoms with Gasteiger partial charge in [-0.25, -0.2) is 4.39 Å². The Bertz CT molecular complexity index is 408. The molecule has 0 radical (unpaired) electrons. The van der Waals surface area contributed by atoms with E-state index >= 15 is 0 Å². The molecule has 1 saturated carbocycles. The Balaban J connectivity index is 1.95. The van der Waals surface area contributed by atoms with Gasteiger partial charge in [0.2, 0.25) is 0 Å². The van der Waals surface area contributed by atoms with Crippen LogP contribution < -0.4 is 5.32 Å². The van der Waals surface area contributed by atoms with Gasteiger partial charge in [-0.15, -0.1) is 0 Å². The van der Waals surface area contributed by atoms with Crippen molar-refractivity contribution in [3.8, 4) is 0 Å². The van der Waals surface area contributed by atoms with Crippen LogP contribution in [0.25, 0.3) is 0 Å². The number of hydrogen-bond donors (Lipinski definition) is 1. The highest BCUT2D eigenvalue weighted by atomic mass is 79.9. The van der Waals surface area contributed by atoms with Gasteiger partial charge < -0.3 is 5.32 Å². The zero-order chi connectivity index (χ0) is 13.7. The highest BCUT2D eigenvalue weighted by molar-refractivity contribution is 9.10. The minimum atomic E-state index is -0.142. The monoisotopic (exact) mass is 327 g/mol. The maximum absolute atomic E-state index is 13.5. The lowest BCUT2D eigenvalue weighted by atomic mass is 9.89. The van der Waals surface area contributed by atoms with Crippen LogP contribution in [0.5, 0.6) is 0 Å². The lowest BCUT2D eigenvalue weighted by molar-refractivity contribution is 0.364. The van der Waals surface area contributed by atoms with E-state index in [9.17, 15) is 4.39 Å². The van der Waals surface area contributed by atoms with Gasteiger partial charge in [-0.2, -0.15) is 0 Å². The fourth-order valence-corrected chi connectivity index (χ4v) is 3.53. The molecule has 1 aromatic rings. The molecule has 0 bridgehead atoms. The zero-order valence-electron chi connectivity index (χ0n) is 11.6. The molecular weight excluding hydrogens is 305 g/mol. The summed E-state index contributed by atoms with van der Waals surface area (Å²) in [6, 6.07) is 5.37. The average Bonchev–Trinajstić information content (AvgIpc) is 2.83. The third-order valence-electron chi connectivity index (χ3n) is 4.16. The van der Waals surface area contributed by atoms with Crippen molar-refractivity contribution in [1.29, 1.82) is 0 Å². The van der Waals surface area contributed by atoms with Crippen LogP contribution >= 0.6 is 15.9 Å². The van der Waals surface area contributed by atoms with Crippen molar-refractivity contribution in [2.75, 3.05) is 13.1 Å². The number of hydrogen-bond acceptors (Lipinski definition) is 1. The van der Waals surface area contributed by atoms with Gasteiger partial charge in [0.25, 0.3) is 0 Å². The van der Waals surface area contributed by atoms with Crippen molar-refractivity contribution in [2.24, 2.45) is 11.8 Å². The van der Waals surface area contributed by atoms with E-state index in [2.05, 4.69) is 28.2 Å². The summed E-state index contributed by atoms with van der Waals surface area (Å²) in [6.45, 7) is 4.42. The van der Waals surface area contributed by atoms with Gasteiger partial charge >= 0.3 is 0 Å². The van der Waals surface area contributed by atoms with E-state index in [1.165, 1.54) is 31.7 Å². The van der Waals surface area contributed by atoms with Crippen LogP contribution in [0.1, 0.15) is 38.2 Å². The molecule has 1 fully saturated rings. The van der Waals surface area contributed by atoms with Gasteiger partial charge in [-0.05, 0) is 78.2 Å². The normalized spacial score (nSPS) is 22.9. The summed E-state index contributed by atoms with van der Waals surface area (Å²) < 4.78 is 14.2. The zero-order valence-corrected chi connectivity index (χ0v) is 13.2. The van der Waals surface area contributed by atoms with E-state index < -0.39 is 0 Å². The molecule has 19 heavy (non-hydrogen) atoms.